The standard InChI is InChI=1S/C21H26N2O7S/c24-12-19-20(28-13-14-4-2-1-3-5-14)21-18(30-19)10-16(29-21)11-22-31(26,27)17-8-6-15(23-25)7-9-17/h1-9,16,18-25H,10-13H2/t16-,18-,19+,20+,21+/m0/s1. The van der Waals surface area contributed by atoms with Gasteiger partial charge in [0.1, 0.15) is 18.3 Å². The number of ether oxygens (including phenoxy) is 3. The Morgan fingerprint density at radius 2 is 1.81 bits per heavy atom. The van der Waals surface area contributed by atoms with Gasteiger partial charge in [0.2, 0.25) is 10.0 Å². The summed E-state index contributed by atoms with van der Waals surface area (Å²) in [5.74, 6) is 0. The highest BCUT2D eigenvalue weighted by Gasteiger charge is 2.51. The van der Waals surface area contributed by atoms with Gasteiger partial charge in [-0.3, -0.25) is 10.7 Å². The SMILES string of the molecule is O=S(=O)(NC[C@@H]1C[C@@H]2O[C@H](CO)[C@@H](OCc3ccccc3)[C@@H]2O1)c1ccc(NO)cc1. The summed E-state index contributed by atoms with van der Waals surface area (Å²) in [5, 5.41) is 18.5. The Balaban J connectivity index is 1.34. The van der Waals surface area contributed by atoms with E-state index in [1.54, 1.807) is 0 Å². The molecule has 2 aromatic rings. The average Bonchev–Trinajstić information content (AvgIpc) is 3.34. The third-order valence-electron chi connectivity index (χ3n) is 5.51. The average molecular weight is 451 g/mol. The molecular formula is C21H26N2O7S. The van der Waals surface area contributed by atoms with Crippen LogP contribution in [0.1, 0.15) is 12.0 Å². The van der Waals surface area contributed by atoms with Gasteiger partial charge in [0.25, 0.3) is 0 Å². The maximum Gasteiger partial charge on any atom is 0.240 e. The lowest BCUT2D eigenvalue weighted by molar-refractivity contribution is -0.0907. The third-order valence-corrected chi connectivity index (χ3v) is 6.95. The van der Waals surface area contributed by atoms with Crippen LogP contribution in [0.5, 0.6) is 0 Å². The number of aliphatic hydroxyl groups excluding tert-OH is 1. The van der Waals surface area contributed by atoms with E-state index in [1.807, 2.05) is 35.8 Å². The van der Waals surface area contributed by atoms with Crippen molar-refractivity contribution < 1.29 is 32.9 Å². The molecule has 31 heavy (non-hydrogen) atoms. The minimum Gasteiger partial charge on any atom is -0.394 e. The van der Waals surface area contributed by atoms with E-state index in [9.17, 15) is 13.5 Å². The predicted octanol–water partition coefficient (Wildman–Crippen LogP) is 1.27. The van der Waals surface area contributed by atoms with Crippen LogP contribution in [-0.2, 0) is 30.8 Å². The van der Waals surface area contributed by atoms with Gasteiger partial charge in [0.05, 0.1) is 36.0 Å². The van der Waals surface area contributed by atoms with E-state index in [2.05, 4.69) is 4.72 Å². The zero-order valence-electron chi connectivity index (χ0n) is 16.8. The molecule has 4 rings (SSSR count). The van der Waals surface area contributed by atoms with E-state index in [0.717, 1.165) is 5.56 Å². The Hall–Kier alpha value is -2.05. The Kier molecular flexibility index (Phi) is 6.87. The van der Waals surface area contributed by atoms with E-state index in [-0.39, 0.29) is 36.4 Å². The molecule has 0 bridgehead atoms. The highest BCUT2D eigenvalue weighted by atomic mass is 32.2. The molecule has 0 amide bonds. The molecule has 0 radical (unpaired) electrons. The molecular weight excluding hydrogens is 424 g/mol. The molecule has 2 aromatic carbocycles. The van der Waals surface area contributed by atoms with Crippen LogP contribution in [0.15, 0.2) is 59.5 Å². The second-order valence-corrected chi connectivity index (χ2v) is 9.37. The molecule has 168 valence electrons. The fourth-order valence-electron chi connectivity index (χ4n) is 3.94. The molecule has 4 N–H and O–H groups in total. The van der Waals surface area contributed by atoms with Crippen molar-refractivity contribution >= 4 is 15.7 Å². The van der Waals surface area contributed by atoms with Crippen molar-refractivity contribution in [1.82, 2.24) is 4.72 Å². The van der Waals surface area contributed by atoms with Crippen molar-refractivity contribution in [2.45, 2.75) is 48.4 Å². The highest BCUT2D eigenvalue weighted by Crippen LogP contribution is 2.36. The molecule has 0 spiro atoms. The lowest BCUT2D eigenvalue weighted by Gasteiger charge is -2.23. The lowest BCUT2D eigenvalue weighted by Crippen LogP contribution is -2.38. The first-order chi connectivity index (χ1) is 15.0. The van der Waals surface area contributed by atoms with Gasteiger partial charge in [0, 0.05) is 13.0 Å². The zero-order chi connectivity index (χ0) is 21.8. The van der Waals surface area contributed by atoms with E-state index in [1.165, 1.54) is 24.3 Å². The number of rotatable bonds is 9. The van der Waals surface area contributed by atoms with Crippen LogP contribution < -0.4 is 10.2 Å². The minimum atomic E-state index is -3.72. The predicted molar refractivity (Wildman–Crippen MR) is 111 cm³/mol. The van der Waals surface area contributed by atoms with Gasteiger partial charge in [-0.15, -0.1) is 0 Å². The molecule has 2 aliphatic rings. The molecule has 2 fully saturated rings. The number of benzene rings is 2. The number of hydrogen-bond donors (Lipinski definition) is 4. The minimum absolute atomic E-state index is 0.0883. The van der Waals surface area contributed by atoms with Gasteiger partial charge in [-0.05, 0) is 29.8 Å². The largest absolute Gasteiger partial charge is 0.394 e. The first-order valence-electron chi connectivity index (χ1n) is 10.1. The van der Waals surface area contributed by atoms with Crippen LogP contribution in [0, 0.1) is 0 Å². The summed E-state index contributed by atoms with van der Waals surface area (Å²) in [7, 11) is -3.72. The number of anilines is 1. The summed E-state index contributed by atoms with van der Waals surface area (Å²) in [6.07, 6.45) is -1.41. The number of sulfonamides is 1. The van der Waals surface area contributed by atoms with Crippen LogP contribution >= 0.6 is 0 Å². The summed E-state index contributed by atoms with van der Waals surface area (Å²) in [5.41, 5.74) is 3.36. The summed E-state index contributed by atoms with van der Waals surface area (Å²) in [6.45, 7) is 0.285. The Bertz CT molecular complexity index is 955. The molecule has 2 aliphatic heterocycles. The van der Waals surface area contributed by atoms with Crippen LogP contribution in [0.25, 0.3) is 0 Å². The van der Waals surface area contributed by atoms with Crippen molar-refractivity contribution in [1.29, 1.82) is 0 Å². The van der Waals surface area contributed by atoms with Gasteiger partial charge in [-0.1, -0.05) is 30.3 Å². The summed E-state index contributed by atoms with van der Waals surface area (Å²) >= 11 is 0. The zero-order valence-corrected chi connectivity index (χ0v) is 17.6. The maximum absolute atomic E-state index is 12.5. The van der Waals surface area contributed by atoms with E-state index in [4.69, 9.17) is 19.4 Å². The summed E-state index contributed by atoms with van der Waals surface area (Å²) in [4.78, 5) is 0.0883. The molecule has 0 aliphatic carbocycles. The highest BCUT2D eigenvalue weighted by molar-refractivity contribution is 7.89. The molecule has 10 heteroatoms. The van der Waals surface area contributed by atoms with Crippen LogP contribution in [-0.4, -0.2) is 62.4 Å². The second kappa shape index (κ2) is 9.61. The normalized spacial score (nSPS) is 27.9. The van der Waals surface area contributed by atoms with Gasteiger partial charge in [0.15, 0.2) is 0 Å². The molecule has 9 nitrogen and oxygen atoms in total. The quantitative estimate of drug-likeness (QED) is 0.421. The number of fused-ring (bicyclic) bond motifs is 1. The van der Waals surface area contributed by atoms with Crippen LogP contribution in [0.4, 0.5) is 5.69 Å². The van der Waals surface area contributed by atoms with Gasteiger partial charge in [-0.25, -0.2) is 13.1 Å². The number of aliphatic hydroxyl groups is 1. The van der Waals surface area contributed by atoms with Crippen molar-refractivity contribution in [3.05, 3.63) is 60.2 Å². The van der Waals surface area contributed by atoms with Crippen molar-refractivity contribution in [3.63, 3.8) is 0 Å². The summed E-state index contributed by atoms with van der Waals surface area (Å²) in [6, 6.07) is 15.4. The first-order valence-corrected chi connectivity index (χ1v) is 11.6. The Morgan fingerprint density at radius 1 is 1.06 bits per heavy atom. The fraction of sp³-hybridized carbons (Fsp3) is 0.429. The van der Waals surface area contributed by atoms with Crippen molar-refractivity contribution in [3.8, 4) is 0 Å². The molecule has 0 aromatic heterocycles. The van der Waals surface area contributed by atoms with Crippen LogP contribution in [0.3, 0.4) is 0 Å². The Labute approximate surface area is 181 Å². The van der Waals surface area contributed by atoms with E-state index in [0.29, 0.717) is 18.7 Å². The smallest absolute Gasteiger partial charge is 0.240 e. The number of nitrogens with one attached hydrogen (secondary N) is 2. The monoisotopic (exact) mass is 450 g/mol. The molecule has 0 saturated carbocycles. The van der Waals surface area contributed by atoms with Gasteiger partial charge in [-0.2, -0.15) is 0 Å². The second-order valence-electron chi connectivity index (χ2n) is 7.60. The maximum atomic E-state index is 12.5. The van der Waals surface area contributed by atoms with Crippen molar-refractivity contribution in [2.24, 2.45) is 0 Å². The summed E-state index contributed by atoms with van der Waals surface area (Å²) < 4.78 is 45.6. The van der Waals surface area contributed by atoms with Gasteiger partial charge >= 0.3 is 0 Å². The number of hydrogen-bond acceptors (Lipinski definition) is 8. The van der Waals surface area contributed by atoms with E-state index >= 15 is 0 Å². The van der Waals surface area contributed by atoms with Crippen LogP contribution in [0.2, 0.25) is 0 Å². The first kappa shape index (κ1) is 22.2. The van der Waals surface area contributed by atoms with Crippen molar-refractivity contribution in [2.75, 3.05) is 18.6 Å². The lowest BCUT2D eigenvalue weighted by atomic mass is 10.1. The third kappa shape index (κ3) is 5.07. The van der Waals surface area contributed by atoms with E-state index < -0.39 is 22.2 Å². The fourth-order valence-corrected chi connectivity index (χ4v) is 5.00. The molecule has 2 saturated heterocycles. The molecule has 0 unspecified atom stereocenters. The Morgan fingerprint density at radius 3 is 2.48 bits per heavy atom. The van der Waals surface area contributed by atoms with Gasteiger partial charge < -0.3 is 19.3 Å². The molecule has 2 heterocycles. The topological polar surface area (TPSA) is 126 Å². The molecule has 5 atom stereocenters.